The Morgan fingerprint density at radius 1 is 1.00 bits per heavy atom. The summed E-state index contributed by atoms with van der Waals surface area (Å²) in [7, 11) is 0. The summed E-state index contributed by atoms with van der Waals surface area (Å²) in [5, 5.41) is 10.0. The van der Waals surface area contributed by atoms with Crippen molar-refractivity contribution < 1.29 is 14.2 Å². The number of aliphatic hydroxyl groups is 1. The van der Waals surface area contributed by atoms with Crippen molar-refractivity contribution in [3.05, 3.63) is 65.5 Å². The topological polar surface area (TPSA) is 32.7 Å². The van der Waals surface area contributed by atoms with E-state index in [4.69, 9.17) is 4.74 Å². The molecule has 1 fully saturated rings. The molecule has 4 heteroatoms. The van der Waals surface area contributed by atoms with Crippen molar-refractivity contribution in [1.29, 1.82) is 0 Å². The number of morpholine rings is 1. The molecule has 2 aromatic rings. The highest BCUT2D eigenvalue weighted by Gasteiger charge is 2.10. The zero-order valence-corrected chi connectivity index (χ0v) is 12.7. The number of hydrogen-bond donors (Lipinski definition) is 1. The fourth-order valence-electron chi connectivity index (χ4n) is 2.46. The van der Waals surface area contributed by atoms with Gasteiger partial charge in [-0.3, -0.25) is 0 Å². The van der Waals surface area contributed by atoms with Gasteiger partial charge in [0.05, 0.1) is 13.2 Å². The van der Waals surface area contributed by atoms with Gasteiger partial charge in [0.25, 0.3) is 0 Å². The maximum Gasteiger partial charge on any atom is 0.140 e. The Bertz CT molecular complexity index is 695. The number of aliphatic hydroxyl groups excluding tert-OH is 1. The van der Waals surface area contributed by atoms with Gasteiger partial charge in [-0.2, -0.15) is 0 Å². The second-order valence-electron chi connectivity index (χ2n) is 5.37. The second kappa shape index (κ2) is 7.28. The highest BCUT2D eigenvalue weighted by atomic mass is 19.1. The molecule has 2 aromatic carbocycles. The van der Waals surface area contributed by atoms with E-state index < -0.39 is 6.10 Å². The Kier molecular flexibility index (Phi) is 4.92. The number of halogens is 1. The summed E-state index contributed by atoms with van der Waals surface area (Å²) in [5.41, 5.74) is 2.57. The molecule has 0 radical (unpaired) electrons. The molecule has 0 amide bonds. The van der Waals surface area contributed by atoms with Gasteiger partial charge in [0.2, 0.25) is 0 Å². The quantitative estimate of drug-likeness (QED) is 0.866. The predicted octanol–water partition coefficient (Wildman–Crippen LogP) is 2.75. The minimum absolute atomic E-state index is 0.326. The van der Waals surface area contributed by atoms with Gasteiger partial charge < -0.3 is 14.7 Å². The molecule has 0 bridgehead atoms. The molecule has 118 valence electrons. The Morgan fingerprint density at radius 2 is 1.65 bits per heavy atom. The summed E-state index contributed by atoms with van der Waals surface area (Å²) in [5.74, 6) is 5.41. The lowest BCUT2D eigenvalue weighted by atomic mass is 10.1. The predicted molar refractivity (Wildman–Crippen MR) is 87.7 cm³/mol. The maximum absolute atomic E-state index is 12.9. The molecule has 0 saturated carbocycles. The van der Waals surface area contributed by atoms with E-state index in [1.165, 1.54) is 24.3 Å². The highest BCUT2D eigenvalue weighted by molar-refractivity contribution is 5.51. The Labute approximate surface area is 135 Å². The van der Waals surface area contributed by atoms with Crippen molar-refractivity contribution in [3.63, 3.8) is 0 Å². The molecule has 0 aliphatic carbocycles. The minimum Gasteiger partial charge on any atom is -0.378 e. The molecule has 1 saturated heterocycles. The van der Waals surface area contributed by atoms with E-state index in [2.05, 4.69) is 16.7 Å². The van der Waals surface area contributed by atoms with Gasteiger partial charge in [-0.25, -0.2) is 4.39 Å². The number of anilines is 1. The van der Waals surface area contributed by atoms with E-state index in [1.807, 2.05) is 24.3 Å². The van der Waals surface area contributed by atoms with Gasteiger partial charge in [-0.1, -0.05) is 24.0 Å². The first-order valence-electron chi connectivity index (χ1n) is 7.60. The van der Waals surface area contributed by atoms with Gasteiger partial charge >= 0.3 is 0 Å². The van der Waals surface area contributed by atoms with Crippen molar-refractivity contribution in [2.75, 3.05) is 31.2 Å². The van der Waals surface area contributed by atoms with E-state index in [0.717, 1.165) is 37.6 Å². The third-order valence-corrected chi connectivity index (χ3v) is 3.78. The van der Waals surface area contributed by atoms with Crippen LogP contribution in [0.4, 0.5) is 10.1 Å². The number of hydrogen-bond acceptors (Lipinski definition) is 3. The monoisotopic (exact) mass is 311 g/mol. The summed E-state index contributed by atoms with van der Waals surface area (Å²) in [6.07, 6.45) is -0.922. The largest absolute Gasteiger partial charge is 0.378 e. The Hall–Kier alpha value is -2.35. The van der Waals surface area contributed by atoms with Gasteiger partial charge in [0.15, 0.2) is 0 Å². The average molecular weight is 311 g/mol. The summed E-state index contributed by atoms with van der Waals surface area (Å²) < 4.78 is 18.2. The van der Waals surface area contributed by atoms with Crippen LogP contribution in [0.15, 0.2) is 48.5 Å². The van der Waals surface area contributed by atoms with Crippen LogP contribution in [0.5, 0.6) is 0 Å². The fraction of sp³-hybridized carbons (Fsp3) is 0.263. The number of benzene rings is 2. The van der Waals surface area contributed by atoms with Crippen LogP contribution in [0, 0.1) is 17.7 Å². The van der Waals surface area contributed by atoms with Crippen LogP contribution in [0.1, 0.15) is 17.2 Å². The zero-order chi connectivity index (χ0) is 16.1. The molecule has 23 heavy (non-hydrogen) atoms. The lowest BCUT2D eigenvalue weighted by Crippen LogP contribution is -2.36. The summed E-state index contributed by atoms with van der Waals surface area (Å²) in [6, 6.07) is 13.6. The van der Waals surface area contributed by atoms with E-state index in [-0.39, 0.29) is 5.82 Å². The second-order valence-corrected chi connectivity index (χ2v) is 5.37. The minimum atomic E-state index is -0.922. The van der Waals surface area contributed by atoms with E-state index >= 15 is 0 Å². The van der Waals surface area contributed by atoms with Crippen LogP contribution >= 0.6 is 0 Å². The molecule has 0 aromatic heterocycles. The Balaban J connectivity index is 1.67. The Morgan fingerprint density at radius 3 is 2.30 bits per heavy atom. The molecular weight excluding hydrogens is 293 g/mol. The normalized spacial score (nSPS) is 15.7. The van der Waals surface area contributed by atoms with Crippen LogP contribution in [0.2, 0.25) is 0 Å². The van der Waals surface area contributed by atoms with Crippen LogP contribution in [0.3, 0.4) is 0 Å². The zero-order valence-electron chi connectivity index (χ0n) is 12.7. The fourth-order valence-corrected chi connectivity index (χ4v) is 2.46. The van der Waals surface area contributed by atoms with Crippen LogP contribution in [-0.2, 0) is 4.74 Å². The van der Waals surface area contributed by atoms with Crippen molar-refractivity contribution in [1.82, 2.24) is 0 Å². The lowest BCUT2D eigenvalue weighted by molar-refractivity contribution is 0.122. The number of nitrogens with zero attached hydrogens (tertiary/aromatic N) is 1. The first-order chi connectivity index (χ1) is 11.2. The molecule has 3 nitrogen and oxygen atoms in total. The van der Waals surface area contributed by atoms with E-state index in [1.54, 1.807) is 0 Å². The smallest absolute Gasteiger partial charge is 0.140 e. The van der Waals surface area contributed by atoms with Gasteiger partial charge in [-0.15, -0.1) is 0 Å². The first kappa shape index (κ1) is 15.5. The van der Waals surface area contributed by atoms with Gasteiger partial charge in [0, 0.05) is 24.3 Å². The molecule has 0 spiro atoms. The van der Waals surface area contributed by atoms with E-state index in [9.17, 15) is 9.50 Å². The summed E-state index contributed by atoms with van der Waals surface area (Å²) in [6.45, 7) is 3.31. The first-order valence-corrected chi connectivity index (χ1v) is 7.60. The maximum atomic E-state index is 12.9. The highest BCUT2D eigenvalue weighted by Crippen LogP contribution is 2.17. The average Bonchev–Trinajstić information content (AvgIpc) is 2.61. The standard InChI is InChI=1S/C19H18FNO2/c20-17-6-4-16(5-7-17)19(22)10-3-15-1-8-18(9-2-15)21-11-13-23-14-12-21/h1-2,4-9,19,22H,11-14H2. The number of rotatable bonds is 2. The molecule has 1 N–H and O–H groups in total. The van der Waals surface area contributed by atoms with Crippen molar-refractivity contribution in [2.45, 2.75) is 6.10 Å². The van der Waals surface area contributed by atoms with Gasteiger partial charge in [-0.05, 0) is 42.0 Å². The van der Waals surface area contributed by atoms with Crippen LogP contribution in [0.25, 0.3) is 0 Å². The van der Waals surface area contributed by atoms with Crippen LogP contribution < -0.4 is 4.90 Å². The third kappa shape index (κ3) is 4.10. The molecular formula is C19H18FNO2. The van der Waals surface area contributed by atoms with Crippen molar-refractivity contribution in [3.8, 4) is 11.8 Å². The molecule has 3 rings (SSSR count). The van der Waals surface area contributed by atoms with Gasteiger partial charge in [0.1, 0.15) is 11.9 Å². The molecule has 1 heterocycles. The van der Waals surface area contributed by atoms with Crippen molar-refractivity contribution in [2.24, 2.45) is 0 Å². The number of ether oxygens (including phenoxy) is 1. The lowest BCUT2D eigenvalue weighted by Gasteiger charge is -2.28. The molecule has 1 atom stereocenters. The third-order valence-electron chi connectivity index (χ3n) is 3.78. The molecule has 1 aliphatic rings. The SMILES string of the molecule is OC(C#Cc1ccc(N2CCOCC2)cc1)c1ccc(F)cc1. The van der Waals surface area contributed by atoms with Crippen LogP contribution in [-0.4, -0.2) is 31.4 Å². The molecule has 1 aliphatic heterocycles. The summed E-state index contributed by atoms with van der Waals surface area (Å²) in [4.78, 5) is 2.27. The van der Waals surface area contributed by atoms with E-state index in [0.29, 0.717) is 5.56 Å². The summed E-state index contributed by atoms with van der Waals surface area (Å²) >= 11 is 0. The molecule has 1 unspecified atom stereocenters. The van der Waals surface area contributed by atoms with Crippen molar-refractivity contribution >= 4 is 5.69 Å².